The number of benzene rings is 1. The molecule has 1 aromatic rings. The first kappa shape index (κ1) is 15.8. The van der Waals surface area contributed by atoms with Crippen molar-refractivity contribution < 1.29 is 9.59 Å². The average Bonchev–Trinajstić information content (AvgIpc) is 2.32. The highest BCUT2D eigenvalue weighted by Gasteiger charge is 2.14. The molecule has 19 heavy (non-hydrogen) atoms. The van der Waals surface area contributed by atoms with Crippen LogP contribution >= 0.6 is 23.2 Å². The van der Waals surface area contributed by atoms with Gasteiger partial charge < -0.3 is 15.5 Å². The monoisotopic (exact) mass is 303 g/mol. The van der Waals surface area contributed by atoms with Gasteiger partial charge in [0.1, 0.15) is 0 Å². The number of hydrogen-bond acceptors (Lipinski definition) is 3. The van der Waals surface area contributed by atoms with E-state index in [9.17, 15) is 9.59 Å². The fourth-order valence-electron chi connectivity index (χ4n) is 1.24. The van der Waals surface area contributed by atoms with E-state index in [1.807, 2.05) is 19.0 Å². The molecule has 1 aromatic carbocycles. The van der Waals surface area contributed by atoms with E-state index >= 15 is 0 Å². The number of hydrogen-bond donors (Lipinski definition) is 2. The number of amides is 2. The van der Waals surface area contributed by atoms with Crippen LogP contribution in [0.4, 0.5) is 5.69 Å². The fraction of sp³-hybridized carbons (Fsp3) is 0.333. The van der Waals surface area contributed by atoms with E-state index in [2.05, 4.69) is 10.6 Å². The molecule has 0 aliphatic carbocycles. The Bertz CT molecular complexity index is 478. The van der Waals surface area contributed by atoms with Crippen LogP contribution < -0.4 is 10.6 Å². The zero-order valence-electron chi connectivity index (χ0n) is 10.7. The molecule has 0 radical (unpaired) electrons. The number of rotatable bonds is 4. The summed E-state index contributed by atoms with van der Waals surface area (Å²) in [6.45, 7) is 1.05. The van der Waals surface area contributed by atoms with Gasteiger partial charge in [0.2, 0.25) is 0 Å². The lowest BCUT2D eigenvalue weighted by molar-refractivity contribution is -0.136. The quantitative estimate of drug-likeness (QED) is 0.831. The lowest BCUT2D eigenvalue weighted by Crippen LogP contribution is -2.38. The van der Waals surface area contributed by atoms with Gasteiger partial charge in [0, 0.05) is 18.1 Å². The molecule has 0 atom stereocenters. The maximum atomic E-state index is 11.6. The number of halogens is 2. The van der Waals surface area contributed by atoms with Gasteiger partial charge in [0.25, 0.3) is 0 Å². The molecule has 0 bridgehead atoms. The number of likely N-dealkylation sites (N-methyl/N-ethyl adjacent to an activating group) is 1. The first-order valence-corrected chi connectivity index (χ1v) is 6.34. The maximum Gasteiger partial charge on any atom is 0.313 e. The molecular weight excluding hydrogens is 289 g/mol. The van der Waals surface area contributed by atoms with E-state index in [-0.39, 0.29) is 5.02 Å². The Morgan fingerprint density at radius 3 is 2.47 bits per heavy atom. The molecule has 0 spiro atoms. The molecule has 7 heteroatoms. The highest BCUT2D eigenvalue weighted by molar-refractivity contribution is 6.42. The Kier molecular flexibility index (Phi) is 6.08. The first-order chi connectivity index (χ1) is 8.90. The summed E-state index contributed by atoms with van der Waals surface area (Å²) in [6, 6.07) is 4.60. The second-order valence-corrected chi connectivity index (χ2v) is 4.98. The second-order valence-electron chi connectivity index (χ2n) is 4.14. The van der Waals surface area contributed by atoms with Gasteiger partial charge in [0.15, 0.2) is 0 Å². The lowest BCUT2D eigenvalue weighted by Gasteiger charge is -2.11. The third-order valence-electron chi connectivity index (χ3n) is 2.23. The van der Waals surface area contributed by atoms with Crippen LogP contribution in [0.5, 0.6) is 0 Å². The van der Waals surface area contributed by atoms with Crippen molar-refractivity contribution in [1.82, 2.24) is 10.2 Å². The zero-order chi connectivity index (χ0) is 14.4. The second kappa shape index (κ2) is 7.33. The van der Waals surface area contributed by atoms with Crippen molar-refractivity contribution in [2.45, 2.75) is 0 Å². The lowest BCUT2D eigenvalue weighted by atomic mass is 10.3. The summed E-state index contributed by atoms with van der Waals surface area (Å²) in [5.74, 6) is -1.46. The Morgan fingerprint density at radius 2 is 1.89 bits per heavy atom. The van der Waals surface area contributed by atoms with Crippen molar-refractivity contribution in [2.24, 2.45) is 0 Å². The number of carbonyl (C=O) groups excluding carboxylic acids is 2. The van der Waals surface area contributed by atoms with Gasteiger partial charge in [-0.1, -0.05) is 23.2 Å². The Labute approximate surface area is 121 Å². The molecule has 1 rings (SSSR count). The van der Waals surface area contributed by atoms with E-state index < -0.39 is 11.8 Å². The van der Waals surface area contributed by atoms with Crippen LogP contribution in [0, 0.1) is 0 Å². The van der Waals surface area contributed by atoms with Gasteiger partial charge >= 0.3 is 11.8 Å². The Balaban J connectivity index is 2.52. The zero-order valence-corrected chi connectivity index (χ0v) is 12.2. The maximum absolute atomic E-state index is 11.6. The summed E-state index contributed by atoms with van der Waals surface area (Å²) in [5.41, 5.74) is 0.346. The SMILES string of the molecule is CN(C)CCNC(=O)C(=O)Nc1ccc(Cl)cc1Cl. The molecular formula is C12H15Cl2N3O2. The molecule has 0 fully saturated rings. The third-order valence-corrected chi connectivity index (χ3v) is 2.78. The van der Waals surface area contributed by atoms with Crippen LogP contribution in [0.3, 0.4) is 0 Å². The summed E-state index contributed by atoms with van der Waals surface area (Å²) < 4.78 is 0. The summed E-state index contributed by atoms with van der Waals surface area (Å²) in [7, 11) is 3.75. The predicted molar refractivity (Wildman–Crippen MR) is 76.7 cm³/mol. The number of nitrogens with zero attached hydrogens (tertiary/aromatic N) is 1. The highest BCUT2D eigenvalue weighted by atomic mass is 35.5. The van der Waals surface area contributed by atoms with Crippen molar-refractivity contribution in [1.29, 1.82) is 0 Å². The number of carbonyl (C=O) groups is 2. The number of nitrogens with one attached hydrogen (secondary N) is 2. The summed E-state index contributed by atoms with van der Waals surface area (Å²) in [6.07, 6.45) is 0. The average molecular weight is 304 g/mol. The standard InChI is InChI=1S/C12H15Cl2N3O2/c1-17(2)6-5-15-11(18)12(19)16-10-4-3-8(13)7-9(10)14/h3-4,7H,5-6H2,1-2H3,(H,15,18)(H,16,19). The van der Waals surface area contributed by atoms with Gasteiger partial charge in [0.05, 0.1) is 10.7 Å². The van der Waals surface area contributed by atoms with Crippen molar-refractivity contribution in [3.63, 3.8) is 0 Å². The van der Waals surface area contributed by atoms with Crippen LogP contribution in [0.2, 0.25) is 10.0 Å². The van der Waals surface area contributed by atoms with Crippen molar-refractivity contribution in [3.8, 4) is 0 Å². The van der Waals surface area contributed by atoms with Gasteiger partial charge in [-0.3, -0.25) is 9.59 Å². The van der Waals surface area contributed by atoms with E-state index in [0.29, 0.717) is 23.8 Å². The van der Waals surface area contributed by atoms with Crippen LogP contribution in [0.25, 0.3) is 0 Å². The largest absolute Gasteiger partial charge is 0.347 e. The van der Waals surface area contributed by atoms with E-state index in [0.717, 1.165) is 0 Å². The molecule has 0 heterocycles. The Morgan fingerprint density at radius 1 is 1.21 bits per heavy atom. The van der Waals surface area contributed by atoms with E-state index in [1.165, 1.54) is 12.1 Å². The van der Waals surface area contributed by atoms with Crippen LogP contribution in [-0.2, 0) is 9.59 Å². The molecule has 0 aliphatic heterocycles. The van der Waals surface area contributed by atoms with Crippen molar-refractivity contribution in [3.05, 3.63) is 28.2 Å². The van der Waals surface area contributed by atoms with Crippen LogP contribution in [0.1, 0.15) is 0 Å². The minimum absolute atomic E-state index is 0.280. The summed E-state index contributed by atoms with van der Waals surface area (Å²) in [4.78, 5) is 25.0. The Hall–Kier alpha value is -1.30. The first-order valence-electron chi connectivity index (χ1n) is 5.59. The molecule has 104 valence electrons. The molecule has 0 saturated carbocycles. The highest BCUT2D eigenvalue weighted by Crippen LogP contribution is 2.25. The molecule has 0 aliphatic rings. The summed E-state index contributed by atoms with van der Waals surface area (Å²) in [5, 5.41) is 5.66. The minimum atomic E-state index is -0.761. The van der Waals surface area contributed by atoms with Gasteiger partial charge in [-0.15, -0.1) is 0 Å². The minimum Gasteiger partial charge on any atom is -0.347 e. The predicted octanol–water partition coefficient (Wildman–Crippen LogP) is 1.61. The topological polar surface area (TPSA) is 61.4 Å². The smallest absolute Gasteiger partial charge is 0.313 e. The van der Waals surface area contributed by atoms with E-state index in [1.54, 1.807) is 6.07 Å². The van der Waals surface area contributed by atoms with Crippen LogP contribution in [0.15, 0.2) is 18.2 Å². The molecule has 0 unspecified atom stereocenters. The molecule has 0 aromatic heterocycles. The molecule has 2 amide bonds. The summed E-state index contributed by atoms with van der Waals surface area (Å²) >= 11 is 11.6. The molecule has 2 N–H and O–H groups in total. The fourth-order valence-corrected chi connectivity index (χ4v) is 1.70. The van der Waals surface area contributed by atoms with Crippen molar-refractivity contribution >= 4 is 40.7 Å². The van der Waals surface area contributed by atoms with Crippen LogP contribution in [-0.4, -0.2) is 43.9 Å². The number of anilines is 1. The van der Waals surface area contributed by atoms with Gasteiger partial charge in [-0.05, 0) is 32.3 Å². The molecule has 5 nitrogen and oxygen atoms in total. The van der Waals surface area contributed by atoms with Crippen molar-refractivity contribution in [2.75, 3.05) is 32.5 Å². The molecule has 0 saturated heterocycles. The van der Waals surface area contributed by atoms with Gasteiger partial charge in [-0.2, -0.15) is 0 Å². The normalized spacial score (nSPS) is 10.4. The third kappa shape index (κ3) is 5.46. The van der Waals surface area contributed by atoms with Gasteiger partial charge in [-0.25, -0.2) is 0 Å². The van der Waals surface area contributed by atoms with E-state index in [4.69, 9.17) is 23.2 Å².